The molecule has 130 valence electrons. The van der Waals surface area contributed by atoms with Gasteiger partial charge in [-0.3, -0.25) is 4.79 Å². The summed E-state index contributed by atoms with van der Waals surface area (Å²) in [5, 5.41) is 6.41. The number of likely N-dealkylation sites (N-methyl/N-ethyl adjacent to an activating group) is 1. The van der Waals surface area contributed by atoms with Gasteiger partial charge in [0.15, 0.2) is 17.5 Å². The van der Waals surface area contributed by atoms with Crippen LogP contribution in [0.15, 0.2) is 30.7 Å². The number of aromatic nitrogens is 4. The molecule has 0 unspecified atom stereocenters. The lowest BCUT2D eigenvalue weighted by atomic mass is 10.0. The fourth-order valence-corrected chi connectivity index (χ4v) is 2.46. The molecule has 0 aliphatic heterocycles. The summed E-state index contributed by atoms with van der Waals surface area (Å²) in [6, 6.07) is 3.69. The summed E-state index contributed by atoms with van der Waals surface area (Å²) in [4.78, 5) is 27.7. The first kappa shape index (κ1) is 16.8. The van der Waals surface area contributed by atoms with Crippen molar-refractivity contribution in [2.45, 2.75) is 26.3 Å². The minimum absolute atomic E-state index is 0.0282. The minimum atomic E-state index is -1.02. The standard InChI is InChI=1S/C17H19FN6O/c1-4-19-16(25)17(2,3)24-15-12(18)9-22-14(23-15)11-8-21-13-10(11)6-5-7-20-13/h5-9H,4H2,1-3H3,(H,19,25)(H,20,21)(H,22,23,24). The highest BCUT2D eigenvalue weighted by molar-refractivity contribution is 5.92. The van der Waals surface area contributed by atoms with E-state index in [4.69, 9.17) is 0 Å². The number of nitrogens with one attached hydrogen (secondary N) is 3. The molecule has 0 spiro atoms. The molecule has 3 rings (SSSR count). The number of nitrogens with zero attached hydrogens (tertiary/aromatic N) is 3. The van der Waals surface area contributed by atoms with Gasteiger partial charge in [-0.25, -0.2) is 19.3 Å². The molecule has 3 aromatic heterocycles. The molecule has 0 saturated heterocycles. The van der Waals surface area contributed by atoms with Crippen molar-refractivity contribution in [2.24, 2.45) is 0 Å². The predicted molar refractivity (Wildman–Crippen MR) is 93.5 cm³/mol. The molecule has 8 heteroatoms. The Kier molecular flexibility index (Phi) is 4.35. The highest BCUT2D eigenvalue weighted by Gasteiger charge is 2.28. The smallest absolute Gasteiger partial charge is 0.245 e. The molecule has 25 heavy (non-hydrogen) atoms. The minimum Gasteiger partial charge on any atom is -0.354 e. The second kappa shape index (κ2) is 6.46. The van der Waals surface area contributed by atoms with Crippen molar-refractivity contribution in [3.63, 3.8) is 0 Å². The SMILES string of the molecule is CCNC(=O)C(C)(C)Nc1nc(-c2c[nH]c3ncccc23)ncc1F. The van der Waals surface area contributed by atoms with Crippen LogP contribution in [0.3, 0.4) is 0 Å². The molecule has 0 radical (unpaired) electrons. The Morgan fingerprint density at radius 3 is 2.92 bits per heavy atom. The van der Waals surface area contributed by atoms with E-state index >= 15 is 0 Å². The average molecular weight is 342 g/mol. The first-order valence-corrected chi connectivity index (χ1v) is 7.94. The maximum absolute atomic E-state index is 14.2. The van der Waals surface area contributed by atoms with E-state index in [2.05, 4.69) is 30.6 Å². The zero-order chi connectivity index (χ0) is 18.0. The van der Waals surface area contributed by atoms with E-state index in [1.165, 1.54) is 0 Å². The summed E-state index contributed by atoms with van der Waals surface area (Å²) in [5.41, 5.74) is 0.383. The van der Waals surface area contributed by atoms with Crippen molar-refractivity contribution in [3.8, 4) is 11.4 Å². The summed E-state index contributed by atoms with van der Waals surface area (Å²) >= 11 is 0. The average Bonchev–Trinajstić information content (AvgIpc) is 3.01. The Bertz CT molecular complexity index is 920. The van der Waals surface area contributed by atoms with E-state index in [0.717, 1.165) is 11.6 Å². The van der Waals surface area contributed by atoms with Crippen LogP contribution in [0.4, 0.5) is 10.2 Å². The number of halogens is 1. The molecule has 0 atom stereocenters. The maximum atomic E-state index is 14.2. The van der Waals surface area contributed by atoms with Gasteiger partial charge in [-0.1, -0.05) is 0 Å². The molecule has 0 aromatic carbocycles. The third-order valence-corrected chi connectivity index (χ3v) is 3.77. The van der Waals surface area contributed by atoms with Gasteiger partial charge < -0.3 is 15.6 Å². The van der Waals surface area contributed by atoms with E-state index in [0.29, 0.717) is 23.6 Å². The van der Waals surface area contributed by atoms with Crippen LogP contribution in [0.25, 0.3) is 22.4 Å². The molecule has 7 nitrogen and oxygen atoms in total. The zero-order valence-electron chi connectivity index (χ0n) is 14.2. The third kappa shape index (κ3) is 3.28. The van der Waals surface area contributed by atoms with Crippen molar-refractivity contribution >= 4 is 22.8 Å². The van der Waals surface area contributed by atoms with Crippen molar-refractivity contribution in [1.29, 1.82) is 0 Å². The fourth-order valence-electron chi connectivity index (χ4n) is 2.46. The predicted octanol–water partition coefficient (Wildman–Crippen LogP) is 2.49. The lowest BCUT2D eigenvalue weighted by Crippen LogP contribution is -2.48. The van der Waals surface area contributed by atoms with Crippen LogP contribution < -0.4 is 10.6 Å². The van der Waals surface area contributed by atoms with Crippen LogP contribution >= 0.6 is 0 Å². The van der Waals surface area contributed by atoms with Crippen LogP contribution in [0.5, 0.6) is 0 Å². The van der Waals surface area contributed by atoms with Gasteiger partial charge in [-0.2, -0.15) is 0 Å². The van der Waals surface area contributed by atoms with Gasteiger partial charge in [0.25, 0.3) is 0 Å². The van der Waals surface area contributed by atoms with Crippen LogP contribution in [-0.2, 0) is 4.79 Å². The van der Waals surface area contributed by atoms with Crippen LogP contribution in [0, 0.1) is 5.82 Å². The summed E-state index contributed by atoms with van der Waals surface area (Å²) < 4.78 is 14.2. The molecular formula is C17H19FN6O. The number of aromatic amines is 1. The fraction of sp³-hybridized carbons (Fsp3) is 0.294. The number of H-pyrrole nitrogens is 1. The van der Waals surface area contributed by atoms with Gasteiger partial charge in [-0.05, 0) is 32.9 Å². The van der Waals surface area contributed by atoms with E-state index in [9.17, 15) is 9.18 Å². The van der Waals surface area contributed by atoms with Crippen LogP contribution in [0.1, 0.15) is 20.8 Å². The number of anilines is 1. The first-order valence-electron chi connectivity index (χ1n) is 7.94. The molecule has 3 heterocycles. The largest absolute Gasteiger partial charge is 0.354 e. The third-order valence-electron chi connectivity index (χ3n) is 3.77. The monoisotopic (exact) mass is 342 g/mol. The summed E-state index contributed by atoms with van der Waals surface area (Å²) in [6.07, 6.45) is 4.49. The van der Waals surface area contributed by atoms with E-state index < -0.39 is 11.4 Å². The topological polar surface area (TPSA) is 95.6 Å². The summed E-state index contributed by atoms with van der Waals surface area (Å²) in [7, 11) is 0. The Labute approximate surface area is 144 Å². The zero-order valence-corrected chi connectivity index (χ0v) is 14.2. The Morgan fingerprint density at radius 2 is 2.16 bits per heavy atom. The van der Waals surface area contributed by atoms with Gasteiger partial charge in [0, 0.05) is 29.9 Å². The molecule has 3 aromatic rings. The molecule has 0 bridgehead atoms. The van der Waals surface area contributed by atoms with E-state index in [1.807, 2.05) is 13.0 Å². The molecule has 0 aliphatic rings. The second-order valence-corrected chi connectivity index (χ2v) is 6.10. The molecule has 3 N–H and O–H groups in total. The highest BCUT2D eigenvalue weighted by atomic mass is 19.1. The normalized spacial score (nSPS) is 11.5. The number of carbonyl (C=O) groups is 1. The number of hydrogen-bond acceptors (Lipinski definition) is 5. The lowest BCUT2D eigenvalue weighted by Gasteiger charge is -2.25. The van der Waals surface area contributed by atoms with Gasteiger partial charge in [0.1, 0.15) is 11.2 Å². The van der Waals surface area contributed by atoms with Gasteiger partial charge >= 0.3 is 0 Å². The highest BCUT2D eigenvalue weighted by Crippen LogP contribution is 2.26. The van der Waals surface area contributed by atoms with E-state index in [1.54, 1.807) is 32.3 Å². The van der Waals surface area contributed by atoms with Crippen molar-refractivity contribution in [3.05, 3.63) is 36.5 Å². The molecular weight excluding hydrogens is 323 g/mol. The number of amides is 1. The molecule has 1 amide bonds. The second-order valence-electron chi connectivity index (χ2n) is 6.10. The van der Waals surface area contributed by atoms with Crippen LogP contribution in [-0.4, -0.2) is 37.9 Å². The van der Waals surface area contributed by atoms with Gasteiger partial charge in [0.2, 0.25) is 5.91 Å². The van der Waals surface area contributed by atoms with Crippen LogP contribution in [0.2, 0.25) is 0 Å². The molecule has 0 aliphatic carbocycles. The Morgan fingerprint density at radius 1 is 1.36 bits per heavy atom. The lowest BCUT2D eigenvalue weighted by molar-refractivity contribution is -0.124. The Balaban J connectivity index is 1.97. The Hall–Kier alpha value is -3.03. The summed E-state index contributed by atoms with van der Waals surface area (Å²) in [5.74, 6) is -0.556. The van der Waals surface area contributed by atoms with Gasteiger partial charge in [0.05, 0.1) is 6.20 Å². The summed E-state index contributed by atoms with van der Waals surface area (Å²) in [6.45, 7) is 5.63. The van der Waals surface area contributed by atoms with Gasteiger partial charge in [-0.15, -0.1) is 0 Å². The van der Waals surface area contributed by atoms with E-state index in [-0.39, 0.29) is 11.7 Å². The molecule has 0 saturated carbocycles. The number of hydrogen-bond donors (Lipinski definition) is 3. The van der Waals surface area contributed by atoms with Crippen molar-refractivity contribution < 1.29 is 9.18 Å². The number of rotatable bonds is 5. The quantitative estimate of drug-likeness (QED) is 0.662. The number of pyridine rings is 1. The van der Waals surface area contributed by atoms with Crippen molar-refractivity contribution in [1.82, 2.24) is 25.3 Å². The van der Waals surface area contributed by atoms with Crippen molar-refractivity contribution in [2.75, 3.05) is 11.9 Å². The first-order chi connectivity index (χ1) is 11.9. The number of carbonyl (C=O) groups excluding carboxylic acids is 1. The number of fused-ring (bicyclic) bond motifs is 1. The maximum Gasteiger partial charge on any atom is 0.245 e. The molecule has 0 fully saturated rings.